The Kier molecular flexibility index (Phi) is 4.17. The number of carbonyl (C=O) groups is 1. The summed E-state index contributed by atoms with van der Waals surface area (Å²) in [6.07, 6.45) is 0. The molecule has 2 aromatic rings. The van der Waals surface area contributed by atoms with Crippen LogP contribution in [-0.4, -0.2) is 5.52 Å². The molecule has 1 atom stereocenters. The van der Waals surface area contributed by atoms with Gasteiger partial charge in [-0.2, -0.15) is 0 Å². The molecule has 0 radical (unpaired) electrons. The molecule has 0 bridgehead atoms. The van der Waals surface area contributed by atoms with E-state index in [0.717, 1.165) is 16.7 Å². The third-order valence-corrected chi connectivity index (χ3v) is 5.99. The van der Waals surface area contributed by atoms with Crippen molar-refractivity contribution < 1.29 is 9.36 Å². The summed E-state index contributed by atoms with van der Waals surface area (Å²) in [5.74, 6) is 0. The van der Waals surface area contributed by atoms with Crippen LogP contribution < -0.4 is 5.30 Å². The van der Waals surface area contributed by atoms with Crippen molar-refractivity contribution in [1.82, 2.24) is 0 Å². The molecule has 104 valence electrons. The van der Waals surface area contributed by atoms with Crippen LogP contribution >= 0.6 is 17.7 Å². The lowest BCUT2D eigenvalue weighted by atomic mass is 10.0. The smallest absolute Gasteiger partial charge is 0.264 e. The van der Waals surface area contributed by atoms with Crippen LogP contribution in [0.2, 0.25) is 0 Å². The summed E-state index contributed by atoms with van der Waals surface area (Å²) < 4.78 is 12.7. The van der Waals surface area contributed by atoms with Gasteiger partial charge in [0, 0.05) is 10.9 Å². The molecule has 0 spiro atoms. The number of benzene rings is 2. The highest BCUT2D eigenvalue weighted by Gasteiger charge is 2.33. The first-order chi connectivity index (χ1) is 9.34. The Hall–Kier alpha value is -1.37. The van der Waals surface area contributed by atoms with Crippen molar-refractivity contribution in [3.63, 3.8) is 0 Å². The summed E-state index contributed by atoms with van der Waals surface area (Å²) >= 11 is 6.14. The molecule has 2 rings (SSSR count). The average molecular weight is 307 g/mol. The van der Waals surface area contributed by atoms with E-state index in [1.807, 2.05) is 32.9 Å². The van der Waals surface area contributed by atoms with Gasteiger partial charge in [-0.3, -0.25) is 9.36 Å². The van der Waals surface area contributed by atoms with Crippen molar-refractivity contribution in [3.05, 3.63) is 64.7 Å². The van der Waals surface area contributed by atoms with Crippen LogP contribution in [0.1, 0.15) is 27.0 Å². The molecule has 0 aliphatic heterocycles. The Morgan fingerprint density at radius 3 is 2.00 bits per heavy atom. The van der Waals surface area contributed by atoms with Gasteiger partial charge in [0.2, 0.25) is 5.52 Å². The molecule has 0 saturated carbocycles. The minimum absolute atomic E-state index is 0.381. The molecule has 4 heteroatoms. The van der Waals surface area contributed by atoms with Gasteiger partial charge in [0.05, 0.1) is 0 Å². The van der Waals surface area contributed by atoms with Gasteiger partial charge in [0.25, 0.3) is 6.49 Å². The Balaban J connectivity index is 2.55. The van der Waals surface area contributed by atoms with Crippen LogP contribution in [-0.2, 0) is 4.57 Å². The van der Waals surface area contributed by atoms with Crippen LogP contribution in [0.3, 0.4) is 0 Å². The third-order valence-electron chi connectivity index (χ3n) is 3.24. The molecule has 0 N–H and O–H groups in total. The summed E-state index contributed by atoms with van der Waals surface area (Å²) in [7, 11) is 0. The van der Waals surface area contributed by atoms with Gasteiger partial charge in [0.1, 0.15) is 0 Å². The standard InChI is InChI=1S/C16H16ClO2P/c1-11-9-12(2)15(13(3)10-11)16(18)20(17,19)14-7-5-4-6-8-14/h4-10H,1-3H3. The van der Waals surface area contributed by atoms with E-state index in [0.29, 0.717) is 10.9 Å². The van der Waals surface area contributed by atoms with Crippen LogP contribution in [0.15, 0.2) is 42.5 Å². The molecule has 0 aliphatic carbocycles. The molecular weight excluding hydrogens is 291 g/mol. The van der Waals surface area contributed by atoms with Crippen LogP contribution in [0, 0.1) is 20.8 Å². The molecule has 0 amide bonds. The SMILES string of the molecule is Cc1cc(C)c(C(=O)P(=O)(Cl)c2ccccc2)c(C)c1. The van der Waals surface area contributed by atoms with Crippen molar-refractivity contribution in [1.29, 1.82) is 0 Å². The van der Waals surface area contributed by atoms with Crippen LogP contribution in [0.4, 0.5) is 0 Å². The third kappa shape index (κ3) is 2.72. The highest BCUT2D eigenvalue weighted by molar-refractivity contribution is 8.07. The predicted molar refractivity (Wildman–Crippen MR) is 84.5 cm³/mol. The lowest BCUT2D eigenvalue weighted by molar-refractivity contribution is 0.107. The second-order valence-corrected chi connectivity index (χ2v) is 8.36. The second kappa shape index (κ2) is 5.55. The van der Waals surface area contributed by atoms with E-state index < -0.39 is 12.0 Å². The van der Waals surface area contributed by atoms with Gasteiger partial charge in [-0.15, -0.1) is 0 Å². The molecule has 0 aromatic heterocycles. The zero-order valence-electron chi connectivity index (χ0n) is 11.7. The molecular formula is C16H16ClO2P. The first kappa shape index (κ1) is 15.0. The van der Waals surface area contributed by atoms with E-state index in [9.17, 15) is 9.36 Å². The van der Waals surface area contributed by atoms with Gasteiger partial charge in [-0.1, -0.05) is 35.9 Å². The monoisotopic (exact) mass is 306 g/mol. The fourth-order valence-electron chi connectivity index (χ4n) is 2.40. The summed E-state index contributed by atoms with van der Waals surface area (Å²) in [5.41, 5.74) is 2.67. The first-order valence-electron chi connectivity index (χ1n) is 6.32. The fraction of sp³-hybridized carbons (Fsp3) is 0.188. The van der Waals surface area contributed by atoms with E-state index in [1.54, 1.807) is 30.3 Å². The van der Waals surface area contributed by atoms with Crippen molar-refractivity contribution in [2.45, 2.75) is 20.8 Å². The minimum atomic E-state index is -3.59. The molecule has 0 fully saturated rings. The number of hydrogen-bond acceptors (Lipinski definition) is 2. The van der Waals surface area contributed by atoms with Gasteiger partial charge in [-0.05, 0) is 55.3 Å². The molecule has 0 saturated heterocycles. The van der Waals surface area contributed by atoms with Crippen molar-refractivity contribution in [2.24, 2.45) is 0 Å². The lowest BCUT2D eigenvalue weighted by Crippen LogP contribution is -2.11. The van der Waals surface area contributed by atoms with E-state index in [4.69, 9.17) is 11.2 Å². The number of aryl methyl sites for hydroxylation is 3. The largest absolute Gasteiger partial charge is 0.293 e. The lowest BCUT2D eigenvalue weighted by Gasteiger charge is -2.14. The normalized spacial score (nSPS) is 13.8. The first-order valence-corrected chi connectivity index (χ1v) is 8.93. The van der Waals surface area contributed by atoms with E-state index in [2.05, 4.69) is 0 Å². The minimum Gasteiger partial charge on any atom is -0.293 e. The van der Waals surface area contributed by atoms with Crippen molar-refractivity contribution in [3.8, 4) is 0 Å². The quantitative estimate of drug-likeness (QED) is 0.777. The highest BCUT2D eigenvalue weighted by atomic mass is 35.7. The molecule has 1 unspecified atom stereocenters. The summed E-state index contributed by atoms with van der Waals surface area (Å²) in [6, 6.07) is 12.3. The predicted octanol–water partition coefficient (Wildman–Crippen LogP) is 4.59. The number of carbonyl (C=O) groups excluding carboxylic acids is 1. The Labute approximate surface area is 123 Å². The Bertz CT molecular complexity index is 685. The van der Waals surface area contributed by atoms with E-state index in [1.165, 1.54) is 0 Å². The Morgan fingerprint density at radius 1 is 1.00 bits per heavy atom. The topological polar surface area (TPSA) is 34.1 Å². The van der Waals surface area contributed by atoms with Crippen LogP contribution in [0.5, 0.6) is 0 Å². The van der Waals surface area contributed by atoms with Crippen LogP contribution in [0.25, 0.3) is 0 Å². The fourth-order valence-corrected chi connectivity index (χ4v) is 4.42. The van der Waals surface area contributed by atoms with Crippen molar-refractivity contribution >= 4 is 28.6 Å². The number of hydrogen-bond donors (Lipinski definition) is 0. The van der Waals surface area contributed by atoms with Gasteiger partial charge < -0.3 is 0 Å². The molecule has 0 aliphatic rings. The van der Waals surface area contributed by atoms with Gasteiger partial charge >= 0.3 is 0 Å². The molecule has 20 heavy (non-hydrogen) atoms. The average Bonchev–Trinajstić information content (AvgIpc) is 2.38. The maximum atomic E-state index is 12.7. The maximum absolute atomic E-state index is 12.7. The zero-order chi connectivity index (χ0) is 14.9. The molecule has 0 heterocycles. The number of rotatable bonds is 3. The Morgan fingerprint density at radius 2 is 1.50 bits per heavy atom. The van der Waals surface area contributed by atoms with E-state index >= 15 is 0 Å². The van der Waals surface area contributed by atoms with E-state index in [-0.39, 0.29) is 0 Å². The zero-order valence-corrected chi connectivity index (χ0v) is 13.3. The maximum Gasteiger partial charge on any atom is 0.264 e. The molecule has 2 aromatic carbocycles. The number of halogens is 1. The van der Waals surface area contributed by atoms with Gasteiger partial charge in [0.15, 0.2) is 0 Å². The second-order valence-electron chi connectivity index (χ2n) is 4.95. The van der Waals surface area contributed by atoms with Crippen molar-refractivity contribution in [2.75, 3.05) is 0 Å². The van der Waals surface area contributed by atoms with Gasteiger partial charge in [-0.25, -0.2) is 0 Å². The summed E-state index contributed by atoms with van der Waals surface area (Å²) in [6.45, 7) is 2.06. The molecule has 2 nitrogen and oxygen atoms in total. The summed E-state index contributed by atoms with van der Waals surface area (Å²) in [4.78, 5) is 12.6. The summed E-state index contributed by atoms with van der Waals surface area (Å²) in [5, 5.41) is 0.381. The highest BCUT2D eigenvalue weighted by Crippen LogP contribution is 2.53.